The smallest absolute Gasteiger partial charge is 0.136 e. The number of furan rings is 1. The second kappa shape index (κ2) is 14.1. The van der Waals surface area contributed by atoms with Crippen LogP contribution in [0.3, 0.4) is 0 Å². The van der Waals surface area contributed by atoms with Crippen molar-refractivity contribution in [3.8, 4) is 44.5 Å². The van der Waals surface area contributed by atoms with Crippen LogP contribution in [0.1, 0.15) is 0 Å². The predicted molar refractivity (Wildman–Crippen MR) is 245 cm³/mol. The summed E-state index contributed by atoms with van der Waals surface area (Å²) in [5.74, 6) is 0. The summed E-state index contributed by atoms with van der Waals surface area (Å²) in [6.07, 6.45) is 0. The van der Waals surface area contributed by atoms with Gasteiger partial charge in [-0.1, -0.05) is 176 Å². The quantitative estimate of drug-likeness (QED) is 0.162. The lowest BCUT2D eigenvalue weighted by Gasteiger charge is -2.29. The first kappa shape index (κ1) is 33.6. The van der Waals surface area contributed by atoms with Gasteiger partial charge in [-0.3, -0.25) is 0 Å². The Bertz CT molecular complexity index is 3270. The van der Waals surface area contributed by atoms with Crippen LogP contribution in [0.5, 0.6) is 0 Å². The summed E-state index contributed by atoms with van der Waals surface area (Å²) in [5, 5.41) is 7.08. The summed E-state index contributed by atoms with van der Waals surface area (Å²) >= 11 is 0. The summed E-state index contributed by atoms with van der Waals surface area (Å²) in [7, 11) is 0. The minimum atomic E-state index is 0.877. The zero-order chi connectivity index (χ0) is 38.4. The largest absolute Gasteiger partial charge is 0.456 e. The van der Waals surface area contributed by atoms with Crippen molar-refractivity contribution in [3.63, 3.8) is 0 Å². The van der Waals surface area contributed by atoms with E-state index < -0.39 is 0 Å². The Morgan fingerprint density at radius 1 is 0.293 bits per heavy atom. The summed E-state index contributed by atoms with van der Waals surface area (Å²) in [4.78, 5) is 2.42. The minimum Gasteiger partial charge on any atom is -0.456 e. The van der Waals surface area contributed by atoms with Gasteiger partial charge in [-0.15, -0.1) is 0 Å². The topological polar surface area (TPSA) is 16.4 Å². The fourth-order valence-corrected chi connectivity index (χ4v) is 8.72. The molecule has 0 unspecified atom stereocenters. The third-order valence-corrected chi connectivity index (χ3v) is 11.5. The van der Waals surface area contributed by atoms with Gasteiger partial charge in [-0.2, -0.15) is 0 Å². The Balaban J connectivity index is 1.14. The molecule has 0 aliphatic rings. The van der Waals surface area contributed by atoms with Crippen LogP contribution in [0.25, 0.3) is 88.0 Å². The fourth-order valence-electron chi connectivity index (χ4n) is 8.72. The second-order valence-electron chi connectivity index (χ2n) is 14.9. The van der Waals surface area contributed by atoms with E-state index in [4.69, 9.17) is 4.42 Å². The maximum atomic E-state index is 6.58. The monoisotopic (exact) mass is 739 g/mol. The molecule has 0 bridgehead atoms. The van der Waals surface area contributed by atoms with E-state index in [-0.39, 0.29) is 0 Å². The zero-order valence-corrected chi connectivity index (χ0v) is 31.7. The number of rotatable bonds is 7. The fraction of sp³-hybridized carbons (Fsp3) is 0. The lowest BCUT2D eigenvalue weighted by atomic mass is 9.93. The number of benzene rings is 10. The van der Waals surface area contributed by atoms with Gasteiger partial charge in [0.1, 0.15) is 11.2 Å². The molecule has 10 aromatic carbocycles. The molecule has 0 N–H and O–H groups in total. The molecule has 0 atom stereocenters. The molecule has 2 heteroatoms. The molecule has 0 aliphatic carbocycles. The van der Waals surface area contributed by atoms with Crippen molar-refractivity contribution in [2.75, 3.05) is 4.90 Å². The van der Waals surface area contributed by atoms with E-state index in [1.54, 1.807) is 0 Å². The lowest BCUT2D eigenvalue weighted by molar-refractivity contribution is 0.669. The van der Waals surface area contributed by atoms with E-state index in [0.29, 0.717) is 0 Å². The number of hydrogen-bond acceptors (Lipinski definition) is 2. The number of para-hydroxylation sites is 1. The first-order chi connectivity index (χ1) is 28.8. The molecule has 1 heterocycles. The van der Waals surface area contributed by atoms with E-state index in [0.717, 1.165) is 50.1 Å². The lowest BCUT2D eigenvalue weighted by Crippen LogP contribution is -2.11. The Kier molecular flexibility index (Phi) is 8.19. The highest BCUT2D eigenvalue weighted by Crippen LogP contribution is 2.47. The summed E-state index contributed by atoms with van der Waals surface area (Å²) in [6.45, 7) is 0. The van der Waals surface area contributed by atoms with Gasteiger partial charge in [0.05, 0.1) is 5.69 Å². The Labute approximate surface area is 337 Å². The van der Waals surface area contributed by atoms with E-state index in [2.05, 4.69) is 229 Å². The first-order valence-corrected chi connectivity index (χ1v) is 19.8. The minimum absolute atomic E-state index is 0.877. The maximum Gasteiger partial charge on any atom is 0.136 e. The second-order valence-corrected chi connectivity index (χ2v) is 14.9. The molecule has 11 aromatic rings. The van der Waals surface area contributed by atoms with Gasteiger partial charge in [-0.05, 0) is 109 Å². The zero-order valence-electron chi connectivity index (χ0n) is 31.7. The van der Waals surface area contributed by atoms with E-state index in [1.807, 2.05) is 0 Å². The molecule has 0 aliphatic heterocycles. The van der Waals surface area contributed by atoms with E-state index in [1.165, 1.54) is 54.9 Å². The molecule has 0 saturated heterocycles. The van der Waals surface area contributed by atoms with Gasteiger partial charge < -0.3 is 9.32 Å². The van der Waals surface area contributed by atoms with Crippen LogP contribution >= 0.6 is 0 Å². The Morgan fingerprint density at radius 2 is 0.862 bits per heavy atom. The molecule has 2 nitrogen and oxygen atoms in total. The predicted octanol–water partition coefficient (Wildman–Crippen LogP) is 16.0. The van der Waals surface area contributed by atoms with Crippen molar-refractivity contribution >= 4 is 60.5 Å². The molecule has 0 saturated carbocycles. The van der Waals surface area contributed by atoms with Crippen molar-refractivity contribution < 1.29 is 4.42 Å². The molecule has 0 amide bonds. The molecule has 272 valence electrons. The summed E-state index contributed by atoms with van der Waals surface area (Å²) in [5.41, 5.74) is 14.4. The molecule has 1 aromatic heterocycles. The Morgan fingerprint density at radius 3 is 1.66 bits per heavy atom. The van der Waals surface area contributed by atoms with Crippen LogP contribution < -0.4 is 4.90 Å². The van der Waals surface area contributed by atoms with Crippen LogP contribution in [0, 0.1) is 0 Å². The number of anilines is 3. The van der Waals surface area contributed by atoms with Gasteiger partial charge in [-0.25, -0.2) is 0 Å². The van der Waals surface area contributed by atoms with Gasteiger partial charge >= 0.3 is 0 Å². The van der Waals surface area contributed by atoms with Crippen LogP contribution in [0.2, 0.25) is 0 Å². The van der Waals surface area contributed by atoms with Crippen molar-refractivity contribution in [1.29, 1.82) is 0 Å². The first-order valence-electron chi connectivity index (χ1n) is 19.8. The standard InChI is InChI=1S/C56H37NO/c1-3-15-38(16-4-1)48-34-33-45(37-51(48)40-17-5-2-6-18-40)57(44-31-29-41(30-32-44)47-25-13-22-39-19-9-10-23-46(39)47)53-27-12-11-24-49(53)50-26-14-28-54-56(50)52-35-42-20-7-8-21-43(42)36-55(52)58-54/h1-37H. The molecular weight excluding hydrogens is 703 g/mol. The molecular formula is C56H37NO. The van der Waals surface area contributed by atoms with Crippen molar-refractivity contribution in [1.82, 2.24) is 0 Å². The number of hydrogen-bond donors (Lipinski definition) is 0. The van der Waals surface area contributed by atoms with Crippen LogP contribution in [-0.4, -0.2) is 0 Å². The summed E-state index contributed by atoms with van der Waals surface area (Å²) < 4.78 is 6.58. The Hall–Kier alpha value is -7.68. The molecule has 0 spiro atoms. The normalized spacial score (nSPS) is 11.4. The third kappa shape index (κ3) is 5.82. The average molecular weight is 740 g/mol. The highest BCUT2D eigenvalue weighted by atomic mass is 16.3. The van der Waals surface area contributed by atoms with Gasteiger partial charge in [0.2, 0.25) is 0 Å². The SMILES string of the molecule is c1ccc(-c2ccc(N(c3ccc(-c4cccc5ccccc45)cc3)c3ccccc3-c3cccc4oc5cc6ccccc6cc5c34)cc2-c2ccccc2)cc1. The third-order valence-electron chi connectivity index (χ3n) is 11.5. The molecule has 0 radical (unpaired) electrons. The van der Waals surface area contributed by atoms with Crippen molar-refractivity contribution in [2.24, 2.45) is 0 Å². The highest BCUT2D eigenvalue weighted by Gasteiger charge is 2.22. The van der Waals surface area contributed by atoms with Gasteiger partial charge in [0.25, 0.3) is 0 Å². The van der Waals surface area contributed by atoms with Gasteiger partial charge in [0.15, 0.2) is 0 Å². The highest BCUT2D eigenvalue weighted by molar-refractivity contribution is 6.16. The van der Waals surface area contributed by atoms with Crippen molar-refractivity contribution in [3.05, 3.63) is 224 Å². The maximum absolute atomic E-state index is 6.58. The van der Waals surface area contributed by atoms with E-state index in [9.17, 15) is 0 Å². The van der Waals surface area contributed by atoms with Crippen LogP contribution in [0.15, 0.2) is 229 Å². The average Bonchev–Trinajstić information content (AvgIpc) is 3.67. The number of fused-ring (bicyclic) bond motifs is 5. The molecule has 58 heavy (non-hydrogen) atoms. The summed E-state index contributed by atoms with van der Waals surface area (Å²) in [6, 6.07) is 80.7. The van der Waals surface area contributed by atoms with Crippen molar-refractivity contribution in [2.45, 2.75) is 0 Å². The van der Waals surface area contributed by atoms with Crippen LogP contribution in [0.4, 0.5) is 17.1 Å². The van der Waals surface area contributed by atoms with Gasteiger partial charge in [0, 0.05) is 27.7 Å². The molecule has 11 rings (SSSR count). The van der Waals surface area contributed by atoms with E-state index >= 15 is 0 Å². The number of nitrogens with zero attached hydrogens (tertiary/aromatic N) is 1. The molecule has 0 fully saturated rings. The van der Waals surface area contributed by atoms with Crippen LogP contribution in [-0.2, 0) is 0 Å².